The van der Waals surface area contributed by atoms with Crippen LogP contribution >= 0.6 is 34.5 Å². The minimum Gasteiger partial charge on any atom is -0.477 e. The molecule has 15 heteroatoms. The van der Waals surface area contributed by atoms with Crippen molar-refractivity contribution in [3.63, 3.8) is 0 Å². The van der Waals surface area contributed by atoms with E-state index in [9.17, 15) is 19.5 Å². The first-order valence-corrected chi connectivity index (χ1v) is 12.6. The zero-order chi connectivity index (χ0) is 26.0. The summed E-state index contributed by atoms with van der Waals surface area (Å²) in [6.45, 7) is 3.43. The number of anilines is 1. The summed E-state index contributed by atoms with van der Waals surface area (Å²) in [6, 6.07) is -0.342. The summed E-state index contributed by atoms with van der Waals surface area (Å²) in [6.07, 6.45) is -0.522. The minimum absolute atomic E-state index is 0.0805. The Balaban J connectivity index is 1.43. The summed E-state index contributed by atoms with van der Waals surface area (Å²) in [4.78, 5) is 46.1. The number of carboxylic acids is 1. The van der Waals surface area contributed by atoms with Crippen molar-refractivity contribution >= 4 is 57.5 Å². The number of aromatic amines is 1. The number of methoxy groups -OCH3 is 1. The third-order valence-corrected chi connectivity index (χ3v) is 7.93. The molecule has 0 bridgehead atoms. The smallest absolute Gasteiger partial charge is 0.348 e. The third-order valence-electron chi connectivity index (χ3n) is 5.88. The van der Waals surface area contributed by atoms with Crippen molar-refractivity contribution in [3.05, 3.63) is 32.0 Å². The van der Waals surface area contributed by atoms with E-state index in [0.29, 0.717) is 48.6 Å². The maximum atomic E-state index is 12.8. The number of aromatic carboxylic acids is 1. The van der Waals surface area contributed by atoms with E-state index in [4.69, 9.17) is 37.4 Å². The number of halogens is 2. The quantitative estimate of drug-likeness (QED) is 0.378. The Morgan fingerprint density at radius 1 is 1.25 bits per heavy atom. The molecule has 2 fully saturated rings. The molecule has 4 N–H and O–H groups in total. The van der Waals surface area contributed by atoms with Gasteiger partial charge >= 0.3 is 5.97 Å². The summed E-state index contributed by atoms with van der Waals surface area (Å²) in [5.41, 5.74) is 0.580. The number of hydrogen-bond acceptors (Lipinski definition) is 9. The number of ether oxygens (including phenoxy) is 3. The van der Waals surface area contributed by atoms with Gasteiger partial charge in [0.15, 0.2) is 17.1 Å². The van der Waals surface area contributed by atoms with E-state index in [1.165, 1.54) is 7.11 Å². The summed E-state index contributed by atoms with van der Waals surface area (Å²) in [7, 11) is 1.52. The molecule has 0 radical (unpaired) electrons. The van der Waals surface area contributed by atoms with Crippen LogP contribution < -0.4 is 15.5 Å². The van der Waals surface area contributed by atoms with Crippen molar-refractivity contribution in [3.8, 4) is 0 Å². The number of nitrogens with one attached hydrogen (secondary N) is 3. The number of carboxylic acid groups (broad SMARTS) is 1. The Kier molecular flexibility index (Phi) is 8.37. The molecular formula is C21H25Cl2N5O7S. The Hall–Kier alpha value is -2.42. The van der Waals surface area contributed by atoms with Gasteiger partial charge in [-0.1, -0.05) is 34.5 Å². The standard InChI is InChI=1S/C21H25Cl2N5O7S/c1-9-13(22)14(23)15(25-9)19(30)26-10-3-4-28(8-11(10)33-2)21-27-16(17(36-21)20(31)32)18(29)24-7-12-34-5-6-35-12/h10-12,25H,3-8H2,1-2H3,(H,24,29)(H,26,30)(H,31,32)/t10?,11-/m0/s1. The van der Waals surface area contributed by atoms with E-state index >= 15 is 0 Å². The lowest BCUT2D eigenvalue weighted by atomic mass is 10.0. The van der Waals surface area contributed by atoms with Gasteiger partial charge in [-0.3, -0.25) is 9.59 Å². The number of piperidine rings is 1. The molecule has 4 rings (SSSR count). The van der Waals surface area contributed by atoms with Crippen LogP contribution in [0, 0.1) is 6.92 Å². The van der Waals surface area contributed by atoms with E-state index < -0.39 is 30.2 Å². The fraction of sp³-hybridized carbons (Fsp3) is 0.524. The molecule has 36 heavy (non-hydrogen) atoms. The fourth-order valence-electron chi connectivity index (χ4n) is 3.99. The highest BCUT2D eigenvalue weighted by molar-refractivity contribution is 7.17. The predicted molar refractivity (Wildman–Crippen MR) is 132 cm³/mol. The second-order valence-corrected chi connectivity index (χ2v) is 9.94. The largest absolute Gasteiger partial charge is 0.477 e. The molecule has 0 saturated carbocycles. The highest BCUT2D eigenvalue weighted by Crippen LogP contribution is 2.31. The maximum absolute atomic E-state index is 12.8. The van der Waals surface area contributed by atoms with Crippen LogP contribution in [0.5, 0.6) is 0 Å². The molecule has 2 atom stereocenters. The average Bonchev–Trinajstić information content (AvgIpc) is 3.60. The highest BCUT2D eigenvalue weighted by Gasteiger charge is 2.34. The topological polar surface area (TPSA) is 155 Å². The normalized spacial score (nSPS) is 20.5. The number of nitrogens with zero attached hydrogens (tertiary/aromatic N) is 2. The highest BCUT2D eigenvalue weighted by atomic mass is 35.5. The van der Waals surface area contributed by atoms with Gasteiger partial charge < -0.3 is 39.8 Å². The molecule has 2 aliphatic heterocycles. The van der Waals surface area contributed by atoms with Crippen LogP contribution in [0.25, 0.3) is 0 Å². The number of aryl methyl sites for hydroxylation is 1. The Morgan fingerprint density at radius 2 is 1.97 bits per heavy atom. The van der Waals surface area contributed by atoms with Crippen LogP contribution in [0.1, 0.15) is 42.8 Å². The molecular weight excluding hydrogens is 537 g/mol. The van der Waals surface area contributed by atoms with Gasteiger partial charge in [0.1, 0.15) is 10.6 Å². The molecule has 2 aromatic rings. The van der Waals surface area contributed by atoms with Gasteiger partial charge in [0, 0.05) is 25.9 Å². The lowest BCUT2D eigenvalue weighted by Crippen LogP contribution is -2.55. The molecule has 12 nitrogen and oxygen atoms in total. The Bertz CT molecular complexity index is 1150. The van der Waals surface area contributed by atoms with E-state index in [1.54, 1.807) is 6.92 Å². The maximum Gasteiger partial charge on any atom is 0.348 e. The van der Waals surface area contributed by atoms with E-state index in [0.717, 1.165) is 11.3 Å². The fourth-order valence-corrected chi connectivity index (χ4v) is 5.34. The second-order valence-electron chi connectivity index (χ2n) is 8.20. The molecule has 4 heterocycles. The van der Waals surface area contributed by atoms with Gasteiger partial charge in [-0.05, 0) is 13.3 Å². The van der Waals surface area contributed by atoms with Crippen LogP contribution in [0.15, 0.2) is 0 Å². The first kappa shape index (κ1) is 26.6. The van der Waals surface area contributed by atoms with Gasteiger partial charge in [-0.15, -0.1) is 0 Å². The number of carbonyl (C=O) groups is 3. The van der Waals surface area contributed by atoms with E-state index in [2.05, 4.69) is 20.6 Å². The number of aromatic nitrogens is 2. The molecule has 2 saturated heterocycles. The van der Waals surface area contributed by atoms with Gasteiger partial charge in [0.25, 0.3) is 11.8 Å². The SMILES string of the molecule is CO[C@H]1CN(c2nc(C(=O)NCC3OCCO3)c(C(=O)O)s2)CCC1NC(=O)c1[nH]c(C)c(Cl)c1Cl. The number of H-pyrrole nitrogens is 1. The van der Waals surface area contributed by atoms with Crippen LogP contribution in [-0.2, 0) is 14.2 Å². The van der Waals surface area contributed by atoms with E-state index in [-0.39, 0.29) is 33.9 Å². The molecule has 1 unspecified atom stereocenters. The van der Waals surface area contributed by atoms with Crippen molar-refractivity contribution < 1.29 is 33.7 Å². The van der Waals surface area contributed by atoms with Crippen LogP contribution in [0.2, 0.25) is 10.0 Å². The van der Waals surface area contributed by atoms with Crippen molar-refractivity contribution in [2.24, 2.45) is 0 Å². The first-order chi connectivity index (χ1) is 17.2. The molecule has 2 amide bonds. The minimum atomic E-state index is -1.25. The summed E-state index contributed by atoms with van der Waals surface area (Å²) in [5, 5.41) is 16.0. The summed E-state index contributed by atoms with van der Waals surface area (Å²) in [5.74, 6) is -2.29. The lowest BCUT2D eigenvalue weighted by Gasteiger charge is -2.37. The van der Waals surface area contributed by atoms with Crippen molar-refractivity contribution in [2.45, 2.75) is 31.8 Å². The van der Waals surface area contributed by atoms with Crippen LogP contribution in [-0.4, -0.2) is 91.3 Å². The molecule has 0 aromatic carbocycles. The summed E-state index contributed by atoms with van der Waals surface area (Å²) < 4.78 is 16.2. The average molecular weight is 562 g/mol. The number of carbonyl (C=O) groups excluding carboxylic acids is 2. The predicted octanol–water partition coefficient (Wildman–Crippen LogP) is 1.91. The van der Waals surface area contributed by atoms with Gasteiger partial charge in [0.05, 0.1) is 41.9 Å². The Morgan fingerprint density at radius 3 is 2.58 bits per heavy atom. The van der Waals surface area contributed by atoms with Crippen molar-refractivity contribution in [2.75, 3.05) is 44.9 Å². The zero-order valence-corrected chi connectivity index (χ0v) is 21.8. The van der Waals surface area contributed by atoms with Crippen molar-refractivity contribution in [1.82, 2.24) is 20.6 Å². The van der Waals surface area contributed by atoms with Crippen LogP contribution in [0.3, 0.4) is 0 Å². The molecule has 2 aromatic heterocycles. The number of rotatable bonds is 8. The number of hydrogen-bond donors (Lipinski definition) is 4. The monoisotopic (exact) mass is 561 g/mol. The lowest BCUT2D eigenvalue weighted by molar-refractivity contribution is -0.0379. The molecule has 0 spiro atoms. The molecule has 0 aliphatic carbocycles. The Labute approximate surface area is 220 Å². The summed E-state index contributed by atoms with van der Waals surface area (Å²) >= 11 is 13.1. The third kappa shape index (κ3) is 5.61. The second kappa shape index (κ2) is 11.3. The molecule has 2 aliphatic rings. The van der Waals surface area contributed by atoms with Gasteiger partial charge in [-0.25, -0.2) is 9.78 Å². The van der Waals surface area contributed by atoms with Gasteiger partial charge in [-0.2, -0.15) is 0 Å². The van der Waals surface area contributed by atoms with Gasteiger partial charge in [0.2, 0.25) is 0 Å². The first-order valence-electron chi connectivity index (χ1n) is 11.1. The number of thiazole rings is 1. The number of amides is 2. The van der Waals surface area contributed by atoms with E-state index in [1.807, 2.05) is 4.90 Å². The van der Waals surface area contributed by atoms with Crippen LogP contribution in [0.4, 0.5) is 5.13 Å². The molecule has 196 valence electrons. The van der Waals surface area contributed by atoms with Crippen molar-refractivity contribution in [1.29, 1.82) is 0 Å². The zero-order valence-electron chi connectivity index (χ0n) is 19.4.